The third kappa shape index (κ3) is 1.29. The number of aliphatic hydroxyl groups excluding tert-OH is 1. The van der Waals surface area contributed by atoms with E-state index in [1.54, 1.807) is 19.9 Å². The predicted octanol–water partition coefficient (Wildman–Crippen LogP) is 1.04. The molecule has 3 heteroatoms. The van der Waals surface area contributed by atoms with E-state index in [0.29, 0.717) is 5.69 Å². The maximum absolute atomic E-state index is 8.91. The Morgan fingerprint density at radius 1 is 1.78 bits per heavy atom. The molecule has 0 spiro atoms. The Morgan fingerprint density at radius 3 is 2.67 bits per heavy atom. The number of aliphatic hydroxyl groups is 1. The first-order chi connectivity index (χ1) is 4.20. The number of hydrogen-bond acceptors (Lipinski definition) is 3. The Hall–Kier alpha value is -0.830. The molecule has 0 aromatic carbocycles. The summed E-state index contributed by atoms with van der Waals surface area (Å²) in [6.07, 6.45) is -0.526. The first kappa shape index (κ1) is 6.29. The second-order valence-electron chi connectivity index (χ2n) is 2.04. The second-order valence-corrected chi connectivity index (χ2v) is 2.04. The van der Waals surface area contributed by atoms with Gasteiger partial charge in [-0.15, -0.1) is 0 Å². The standard InChI is InChI=1S/C6H9NO2/c1-4-3-6(5(2)8)7-9-4/h3,5,8H,1-2H3. The van der Waals surface area contributed by atoms with Gasteiger partial charge in [0, 0.05) is 6.07 Å². The van der Waals surface area contributed by atoms with Crippen LogP contribution in [0.4, 0.5) is 0 Å². The molecule has 0 aliphatic rings. The molecule has 9 heavy (non-hydrogen) atoms. The lowest BCUT2D eigenvalue weighted by Crippen LogP contribution is -1.88. The van der Waals surface area contributed by atoms with Crippen molar-refractivity contribution < 1.29 is 9.63 Å². The summed E-state index contributed by atoms with van der Waals surface area (Å²) in [4.78, 5) is 0. The zero-order valence-corrected chi connectivity index (χ0v) is 5.46. The topological polar surface area (TPSA) is 46.3 Å². The fourth-order valence-corrected chi connectivity index (χ4v) is 0.583. The van der Waals surface area contributed by atoms with Crippen LogP contribution in [-0.2, 0) is 0 Å². The van der Waals surface area contributed by atoms with Crippen LogP contribution in [0.15, 0.2) is 10.6 Å². The van der Waals surface area contributed by atoms with Gasteiger partial charge >= 0.3 is 0 Å². The highest BCUT2D eigenvalue weighted by molar-refractivity contribution is 5.05. The highest BCUT2D eigenvalue weighted by atomic mass is 16.5. The zero-order valence-electron chi connectivity index (χ0n) is 5.46. The molecule has 0 aliphatic heterocycles. The lowest BCUT2D eigenvalue weighted by Gasteiger charge is -1.92. The SMILES string of the molecule is Cc1cc(C(C)O)no1. The highest BCUT2D eigenvalue weighted by Gasteiger charge is 2.04. The largest absolute Gasteiger partial charge is 0.387 e. The van der Waals surface area contributed by atoms with Crippen molar-refractivity contribution >= 4 is 0 Å². The van der Waals surface area contributed by atoms with Gasteiger partial charge in [0.25, 0.3) is 0 Å². The average Bonchev–Trinajstić information content (AvgIpc) is 2.14. The van der Waals surface area contributed by atoms with Crippen molar-refractivity contribution in [2.75, 3.05) is 0 Å². The number of aromatic nitrogens is 1. The molecule has 1 rings (SSSR count). The Morgan fingerprint density at radius 2 is 2.44 bits per heavy atom. The fraction of sp³-hybridized carbons (Fsp3) is 0.500. The minimum absolute atomic E-state index is 0.526. The molecule has 1 atom stereocenters. The van der Waals surface area contributed by atoms with E-state index in [0.717, 1.165) is 5.76 Å². The number of aryl methyl sites for hydroxylation is 1. The molecule has 3 nitrogen and oxygen atoms in total. The molecule has 1 heterocycles. The molecule has 50 valence electrons. The van der Waals surface area contributed by atoms with Crippen LogP contribution in [0, 0.1) is 6.92 Å². The molecule has 0 bridgehead atoms. The van der Waals surface area contributed by atoms with E-state index in [1.807, 2.05) is 0 Å². The molecular weight excluding hydrogens is 118 g/mol. The van der Waals surface area contributed by atoms with Crippen molar-refractivity contribution in [3.05, 3.63) is 17.5 Å². The zero-order chi connectivity index (χ0) is 6.85. The molecule has 0 fully saturated rings. The van der Waals surface area contributed by atoms with Gasteiger partial charge in [0.1, 0.15) is 11.5 Å². The van der Waals surface area contributed by atoms with Crippen LogP contribution in [0.1, 0.15) is 24.5 Å². The normalized spacial score (nSPS) is 13.7. The predicted molar refractivity (Wildman–Crippen MR) is 31.9 cm³/mol. The van der Waals surface area contributed by atoms with Crippen molar-refractivity contribution in [1.29, 1.82) is 0 Å². The summed E-state index contributed by atoms with van der Waals surface area (Å²) in [5, 5.41) is 12.5. The van der Waals surface area contributed by atoms with E-state index >= 15 is 0 Å². The van der Waals surface area contributed by atoms with Gasteiger partial charge in [-0.25, -0.2) is 0 Å². The van der Waals surface area contributed by atoms with E-state index in [-0.39, 0.29) is 0 Å². The maximum atomic E-state index is 8.91. The van der Waals surface area contributed by atoms with Crippen LogP contribution in [0.25, 0.3) is 0 Å². The van der Waals surface area contributed by atoms with E-state index in [9.17, 15) is 0 Å². The number of nitrogens with zero attached hydrogens (tertiary/aromatic N) is 1. The summed E-state index contributed by atoms with van der Waals surface area (Å²) in [7, 11) is 0. The van der Waals surface area contributed by atoms with E-state index in [4.69, 9.17) is 9.63 Å². The molecule has 0 aliphatic carbocycles. The van der Waals surface area contributed by atoms with Gasteiger partial charge in [-0.3, -0.25) is 0 Å². The Labute approximate surface area is 53.3 Å². The van der Waals surface area contributed by atoms with Crippen molar-refractivity contribution in [2.24, 2.45) is 0 Å². The lowest BCUT2D eigenvalue weighted by atomic mass is 10.3. The van der Waals surface area contributed by atoms with Crippen LogP contribution in [0.2, 0.25) is 0 Å². The Kier molecular flexibility index (Phi) is 1.53. The van der Waals surface area contributed by atoms with Crippen LogP contribution < -0.4 is 0 Å². The molecular formula is C6H9NO2. The summed E-state index contributed by atoms with van der Waals surface area (Å²) in [5.41, 5.74) is 0.590. The van der Waals surface area contributed by atoms with Crippen LogP contribution in [0.3, 0.4) is 0 Å². The van der Waals surface area contributed by atoms with Crippen molar-refractivity contribution in [3.63, 3.8) is 0 Å². The number of hydrogen-bond donors (Lipinski definition) is 1. The van der Waals surface area contributed by atoms with Gasteiger partial charge in [-0.2, -0.15) is 0 Å². The molecule has 0 radical (unpaired) electrons. The van der Waals surface area contributed by atoms with E-state index in [1.165, 1.54) is 0 Å². The molecule has 1 N–H and O–H groups in total. The maximum Gasteiger partial charge on any atom is 0.134 e. The lowest BCUT2D eigenvalue weighted by molar-refractivity contribution is 0.187. The van der Waals surface area contributed by atoms with E-state index < -0.39 is 6.10 Å². The summed E-state index contributed by atoms with van der Waals surface area (Å²) in [6, 6.07) is 1.71. The molecule has 0 saturated heterocycles. The number of rotatable bonds is 1. The van der Waals surface area contributed by atoms with Crippen molar-refractivity contribution in [1.82, 2.24) is 5.16 Å². The molecule has 0 amide bonds. The first-order valence-corrected chi connectivity index (χ1v) is 2.81. The van der Waals surface area contributed by atoms with Crippen LogP contribution in [0.5, 0.6) is 0 Å². The van der Waals surface area contributed by atoms with Gasteiger partial charge in [0.15, 0.2) is 0 Å². The molecule has 1 aromatic heterocycles. The van der Waals surface area contributed by atoms with Gasteiger partial charge in [-0.1, -0.05) is 5.16 Å². The molecule has 1 unspecified atom stereocenters. The monoisotopic (exact) mass is 127 g/mol. The fourth-order valence-electron chi connectivity index (χ4n) is 0.583. The Balaban J connectivity index is 2.85. The Bertz CT molecular complexity index is 193. The quantitative estimate of drug-likeness (QED) is 0.613. The van der Waals surface area contributed by atoms with E-state index in [2.05, 4.69) is 5.16 Å². The third-order valence-corrected chi connectivity index (χ3v) is 1.07. The van der Waals surface area contributed by atoms with Crippen LogP contribution in [-0.4, -0.2) is 10.3 Å². The van der Waals surface area contributed by atoms with Gasteiger partial charge in [0.2, 0.25) is 0 Å². The summed E-state index contributed by atoms with van der Waals surface area (Å²) in [5.74, 6) is 0.728. The van der Waals surface area contributed by atoms with Crippen LogP contribution >= 0.6 is 0 Å². The molecule has 0 saturated carbocycles. The molecule has 1 aromatic rings. The van der Waals surface area contributed by atoms with Crippen molar-refractivity contribution in [3.8, 4) is 0 Å². The smallest absolute Gasteiger partial charge is 0.134 e. The summed E-state index contributed by atoms with van der Waals surface area (Å²) < 4.78 is 4.72. The minimum atomic E-state index is -0.526. The average molecular weight is 127 g/mol. The first-order valence-electron chi connectivity index (χ1n) is 2.81. The third-order valence-electron chi connectivity index (χ3n) is 1.07. The van der Waals surface area contributed by atoms with Gasteiger partial charge in [0.05, 0.1) is 6.10 Å². The van der Waals surface area contributed by atoms with Gasteiger partial charge < -0.3 is 9.63 Å². The summed E-state index contributed by atoms with van der Waals surface area (Å²) >= 11 is 0. The van der Waals surface area contributed by atoms with Gasteiger partial charge in [-0.05, 0) is 13.8 Å². The second kappa shape index (κ2) is 2.19. The minimum Gasteiger partial charge on any atom is -0.387 e. The highest BCUT2D eigenvalue weighted by Crippen LogP contribution is 2.10. The summed E-state index contributed by atoms with van der Waals surface area (Å²) in [6.45, 7) is 3.44. The van der Waals surface area contributed by atoms with Crippen molar-refractivity contribution in [2.45, 2.75) is 20.0 Å².